The van der Waals surface area contributed by atoms with Crippen LogP contribution in [0.15, 0.2) is 42.5 Å². The van der Waals surface area contributed by atoms with Gasteiger partial charge in [0.25, 0.3) is 0 Å². The molecule has 0 aromatic heterocycles. The Balaban J connectivity index is 1.56. The quantitative estimate of drug-likeness (QED) is 0.600. The molecule has 4 nitrogen and oxygen atoms in total. The molecule has 3 rings (SSSR count). The molecule has 2 aromatic rings. The van der Waals surface area contributed by atoms with E-state index in [0.29, 0.717) is 18.5 Å². The van der Waals surface area contributed by atoms with Crippen LogP contribution in [-0.2, 0) is 17.6 Å². The number of carbonyl (C=O) groups excluding carboxylic acids is 1. The zero-order valence-corrected chi connectivity index (χ0v) is 12.4. The number of aryl methyl sites for hydroxylation is 2. The number of benzene rings is 2. The van der Waals surface area contributed by atoms with Crippen LogP contribution in [-0.4, -0.2) is 11.0 Å². The SMILES string of the molecule is Nc1cc(CCC(=O)NC2CCc3ccccc32)ccc1O. The van der Waals surface area contributed by atoms with Gasteiger partial charge in [-0.15, -0.1) is 0 Å². The molecule has 0 saturated carbocycles. The van der Waals surface area contributed by atoms with Crippen molar-refractivity contribution in [1.82, 2.24) is 5.32 Å². The number of nitrogens with two attached hydrogens (primary N) is 1. The summed E-state index contributed by atoms with van der Waals surface area (Å²) in [6.45, 7) is 0. The molecule has 4 N–H and O–H groups in total. The Kier molecular flexibility index (Phi) is 4.00. The molecule has 0 saturated heterocycles. The summed E-state index contributed by atoms with van der Waals surface area (Å²) >= 11 is 0. The summed E-state index contributed by atoms with van der Waals surface area (Å²) in [5.41, 5.74) is 9.54. The molecule has 0 aliphatic heterocycles. The van der Waals surface area contributed by atoms with Gasteiger partial charge in [-0.05, 0) is 48.1 Å². The number of phenols is 1. The summed E-state index contributed by atoms with van der Waals surface area (Å²) in [6, 6.07) is 13.5. The average Bonchev–Trinajstić information content (AvgIpc) is 2.92. The lowest BCUT2D eigenvalue weighted by Crippen LogP contribution is -2.27. The van der Waals surface area contributed by atoms with E-state index >= 15 is 0 Å². The van der Waals surface area contributed by atoms with Gasteiger partial charge in [0.15, 0.2) is 0 Å². The van der Waals surface area contributed by atoms with Crippen LogP contribution < -0.4 is 11.1 Å². The van der Waals surface area contributed by atoms with Crippen LogP contribution in [0.5, 0.6) is 5.75 Å². The standard InChI is InChI=1S/C18H20N2O2/c19-15-11-12(5-9-17(15)21)6-10-18(22)20-16-8-7-13-3-1-2-4-14(13)16/h1-5,9,11,16,21H,6-8,10,19H2,(H,20,22). The zero-order chi connectivity index (χ0) is 15.5. The molecule has 0 fully saturated rings. The second kappa shape index (κ2) is 6.10. The fourth-order valence-electron chi connectivity index (χ4n) is 2.99. The fourth-order valence-corrected chi connectivity index (χ4v) is 2.99. The fraction of sp³-hybridized carbons (Fsp3) is 0.278. The largest absolute Gasteiger partial charge is 0.506 e. The number of nitrogen functional groups attached to an aromatic ring is 1. The summed E-state index contributed by atoms with van der Waals surface area (Å²) in [7, 11) is 0. The first-order chi connectivity index (χ1) is 10.6. The molecular formula is C18H20N2O2. The van der Waals surface area contributed by atoms with Crippen LogP contribution in [0, 0.1) is 0 Å². The molecule has 2 aromatic carbocycles. The Morgan fingerprint density at radius 1 is 1.27 bits per heavy atom. The van der Waals surface area contributed by atoms with Crippen LogP contribution in [0.2, 0.25) is 0 Å². The number of hydrogen-bond donors (Lipinski definition) is 3. The van der Waals surface area contributed by atoms with Crippen molar-refractivity contribution in [1.29, 1.82) is 0 Å². The Labute approximate surface area is 130 Å². The van der Waals surface area contributed by atoms with E-state index in [9.17, 15) is 9.90 Å². The van der Waals surface area contributed by atoms with Crippen molar-refractivity contribution in [2.24, 2.45) is 0 Å². The number of anilines is 1. The van der Waals surface area contributed by atoms with E-state index in [1.165, 1.54) is 11.1 Å². The van der Waals surface area contributed by atoms with Crippen molar-refractivity contribution >= 4 is 11.6 Å². The predicted octanol–water partition coefficient (Wildman–Crippen LogP) is 2.71. The minimum atomic E-state index is 0.0494. The second-order valence-corrected chi connectivity index (χ2v) is 5.75. The third-order valence-corrected chi connectivity index (χ3v) is 4.20. The van der Waals surface area contributed by atoms with Crippen molar-refractivity contribution in [3.63, 3.8) is 0 Å². The van der Waals surface area contributed by atoms with E-state index in [0.717, 1.165) is 18.4 Å². The van der Waals surface area contributed by atoms with Gasteiger partial charge in [-0.1, -0.05) is 30.3 Å². The molecule has 4 heteroatoms. The molecule has 1 atom stereocenters. The molecular weight excluding hydrogens is 276 g/mol. The minimum absolute atomic E-state index is 0.0494. The molecule has 1 aliphatic rings. The summed E-state index contributed by atoms with van der Waals surface area (Å²) in [5, 5.41) is 12.5. The average molecular weight is 296 g/mol. The highest BCUT2D eigenvalue weighted by molar-refractivity contribution is 5.77. The lowest BCUT2D eigenvalue weighted by atomic mass is 10.1. The van der Waals surface area contributed by atoms with Gasteiger partial charge in [0.1, 0.15) is 5.75 Å². The predicted molar refractivity (Wildman–Crippen MR) is 86.5 cm³/mol. The Hall–Kier alpha value is -2.49. The second-order valence-electron chi connectivity index (χ2n) is 5.75. The monoisotopic (exact) mass is 296 g/mol. The van der Waals surface area contributed by atoms with E-state index in [-0.39, 0.29) is 17.7 Å². The van der Waals surface area contributed by atoms with Gasteiger partial charge in [0.05, 0.1) is 11.7 Å². The molecule has 1 amide bonds. The minimum Gasteiger partial charge on any atom is -0.506 e. The highest BCUT2D eigenvalue weighted by Crippen LogP contribution is 2.30. The number of phenolic OH excluding ortho intramolecular Hbond substituents is 1. The smallest absolute Gasteiger partial charge is 0.220 e. The maximum atomic E-state index is 12.1. The summed E-state index contributed by atoms with van der Waals surface area (Å²) in [5.74, 6) is 0.129. The summed E-state index contributed by atoms with van der Waals surface area (Å²) in [6.07, 6.45) is 3.03. The van der Waals surface area contributed by atoms with Gasteiger partial charge < -0.3 is 16.2 Å². The Morgan fingerprint density at radius 2 is 2.09 bits per heavy atom. The maximum Gasteiger partial charge on any atom is 0.220 e. The molecule has 0 bridgehead atoms. The van der Waals surface area contributed by atoms with Crippen LogP contribution in [0.4, 0.5) is 5.69 Å². The van der Waals surface area contributed by atoms with Gasteiger partial charge >= 0.3 is 0 Å². The van der Waals surface area contributed by atoms with Crippen molar-refractivity contribution in [2.75, 3.05) is 5.73 Å². The van der Waals surface area contributed by atoms with Gasteiger partial charge in [-0.3, -0.25) is 4.79 Å². The molecule has 22 heavy (non-hydrogen) atoms. The summed E-state index contributed by atoms with van der Waals surface area (Å²) < 4.78 is 0. The number of fused-ring (bicyclic) bond motifs is 1. The Morgan fingerprint density at radius 3 is 2.91 bits per heavy atom. The highest BCUT2D eigenvalue weighted by atomic mass is 16.3. The number of aromatic hydroxyl groups is 1. The van der Waals surface area contributed by atoms with Crippen LogP contribution in [0.3, 0.4) is 0 Å². The normalized spacial score (nSPS) is 16.3. The zero-order valence-electron chi connectivity index (χ0n) is 12.4. The third-order valence-electron chi connectivity index (χ3n) is 4.20. The molecule has 1 unspecified atom stereocenters. The van der Waals surface area contributed by atoms with Crippen molar-refractivity contribution in [3.8, 4) is 5.75 Å². The first kappa shape index (κ1) is 14.4. The van der Waals surface area contributed by atoms with E-state index in [4.69, 9.17) is 5.73 Å². The van der Waals surface area contributed by atoms with Gasteiger partial charge in [-0.2, -0.15) is 0 Å². The van der Waals surface area contributed by atoms with E-state index in [2.05, 4.69) is 17.4 Å². The number of amides is 1. The third kappa shape index (κ3) is 3.06. The number of carbonyl (C=O) groups is 1. The van der Waals surface area contributed by atoms with Crippen molar-refractivity contribution in [3.05, 3.63) is 59.2 Å². The molecule has 0 heterocycles. The lowest BCUT2D eigenvalue weighted by Gasteiger charge is -2.14. The molecule has 114 valence electrons. The van der Waals surface area contributed by atoms with Gasteiger partial charge in [0.2, 0.25) is 5.91 Å². The van der Waals surface area contributed by atoms with Crippen molar-refractivity contribution < 1.29 is 9.90 Å². The number of nitrogens with one attached hydrogen (secondary N) is 1. The van der Waals surface area contributed by atoms with Gasteiger partial charge in [-0.25, -0.2) is 0 Å². The first-order valence-corrected chi connectivity index (χ1v) is 7.58. The van der Waals surface area contributed by atoms with Crippen LogP contribution in [0.1, 0.15) is 35.6 Å². The molecule has 1 aliphatic carbocycles. The number of rotatable bonds is 4. The molecule has 0 radical (unpaired) electrons. The summed E-state index contributed by atoms with van der Waals surface area (Å²) in [4.78, 5) is 12.1. The first-order valence-electron chi connectivity index (χ1n) is 7.58. The van der Waals surface area contributed by atoms with Crippen LogP contribution in [0.25, 0.3) is 0 Å². The number of hydrogen-bond acceptors (Lipinski definition) is 3. The highest BCUT2D eigenvalue weighted by Gasteiger charge is 2.23. The lowest BCUT2D eigenvalue weighted by molar-refractivity contribution is -0.121. The van der Waals surface area contributed by atoms with Crippen molar-refractivity contribution in [2.45, 2.75) is 31.7 Å². The van der Waals surface area contributed by atoms with E-state index in [1.54, 1.807) is 18.2 Å². The Bertz CT molecular complexity index is 697. The van der Waals surface area contributed by atoms with E-state index < -0.39 is 0 Å². The maximum absolute atomic E-state index is 12.1. The topological polar surface area (TPSA) is 75.4 Å². The van der Waals surface area contributed by atoms with E-state index in [1.807, 2.05) is 12.1 Å². The molecule has 0 spiro atoms. The van der Waals surface area contributed by atoms with Gasteiger partial charge in [0, 0.05) is 6.42 Å². The van der Waals surface area contributed by atoms with Crippen LogP contribution >= 0.6 is 0 Å².